The highest BCUT2D eigenvalue weighted by molar-refractivity contribution is 6.44. The molecule has 32 heavy (non-hydrogen) atoms. The fourth-order valence-corrected chi connectivity index (χ4v) is 4.09. The lowest BCUT2D eigenvalue weighted by Crippen LogP contribution is -2.32. The minimum atomic E-state index is -1.33. The number of Topliss-reactive ketones (excluding diaryl/α,β-unsaturated/α-hetero) is 2. The Morgan fingerprint density at radius 3 is 2.66 bits per heavy atom. The van der Waals surface area contributed by atoms with Crippen molar-refractivity contribution in [2.45, 2.75) is 19.0 Å². The van der Waals surface area contributed by atoms with E-state index < -0.39 is 35.3 Å². The SMILES string of the molecule is COc1cccc(C(=O)C2C(=O)C(=O)N(CCCn3ccnc3)C2c2ccccc2F)c1. The molecule has 0 radical (unpaired) electrons. The number of ketones is 2. The van der Waals surface area contributed by atoms with E-state index in [0.29, 0.717) is 18.7 Å². The number of rotatable bonds is 8. The molecule has 2 atom stereocenters. The Bertz CT molecular complexity index is 1150. The maximum Gasteiger partial charge on any atom is 0.291 e. The Morgan fingerprint density at radius 2 is 1.94 bits per heavy atom. The second kappa shape index (κ2) is 9.13. The highest BCUT2D eigenvalue weighted by Gasteiger charge is 2.52. The molecule has 7 nitrogen and oxygen atoms in total. The van der Waals surface area contributed by atoms with Crippen LogP contribution in [0.15, 0.2) is 67.3 Å². The molecule has 0 aliphatic carbocycles. The molecule has 1 aliphatic rings. The summed E-state index contributed by atoms with van der Waals surface area (Å²) < 4.78 is 21.8. The minimum absolute atomic E-state index is 0.149. The van der Waals surface area contributed by atoms with E-state index >= 15 is 0 Å². The van der Waals surface area contributed by atoms with Gasteiger partial charge in [-0.15, -0.1) is 0 Å². The van der Waals surface area contributed by atoms with Gasteiger partial charge in [-0.3, -0.25) is 14.4 Å². The number of nitrogens with zero attached hydrogens (tertiary/aromatic N) is 3. The van der Waals surface area contributed by atoms with Crippen molar-refractivity contribution in [1.82, 2.24) is 14.5 Å². The maximum atomic E-state index is 14.8. The zero-order chi connectivity index (χ0) is 22.7. The number of carbonyl (C=O) groups excluding carboxylic acids is 3. The average Bonchev–Trinajstić information content (AvgIpc) is 3.41. The van der Waals surface area contributed by atoms with Crippen molar-refractivity contribution in [1.29, 1.82) is 0 Å². The van der Waals surface area contributed by atoms with Crippen LogP contribution in [-0.4, -0.2) is 45.6 Å². The number of ether oxygens (including phenoxy) is 1. The Morgan fingerprint density at radius 1 is 1.12 bits per heavy atom. The standard InChI is InChI=1S/C24H22FN3O4/c1-32-17-7-4-6-16(14-17)22(29)20-21(18-8-2-3-9-19(18)25)28(24(31)23(20)30)12-5-11-27-13-10-26-15-27/h2-4,6-10,13-15,20-21H,5,11-12H2,1H3. The number of benzene rings is 2. The monoisotopic (exact) mass is 435 g/mol. The molecule has 2 heterocycles. The minimum Gasteiger partial charge on any atom is -0.497 e. The van der Waals surface area contributed by atoms with Crippen molar-refractivity contribution in [2.24, 2.45) is 5.92 Å². The molecular formula is C24H22FN3O4. The predicted molar refractivity (Wildman–Crippen MR) is 114 cm³/mol. The number of likely N-dealkylation sites (tertiary alicyclic amines) is 1. The van der Waals surface area contributed by atoms with Crippen molar-refractivity contribution in [3.05, 3.63) is 84.2 Å². The Hall–Kier alpha value is -3.81. The molecule has 0 N–H and O–H groups in total. The summed E-state index contributed by atoms with van der Waals surface area (Å²) in [5, 5.41) is 0. The van der Waals surface area contributed by atoms with Gasteiger partial charge in [0.15, 0.2) is 5.78 Å². The number of amides is 1. The third kappa shape index (κ3) is 4.03. The van der Waals surface area contributed by atoms with Crippen LogP contribution in [0.2, 0.25) is 0 Å². The molecular weight excluding hydrogens is 413 g/mol. The van der Waals surface area contributed by atoms with Crippen LogP contribution in [-0.2, 0) is 16.1 Å². The van der Waals surface area contributed by atoms with Crippen molar-refractivity contribution >= 4 is 17.5 Å². The summed E-state index contributed by atoms with van der Waals surface area (Å²) in [6, 6.07) is 11.3. The molecule has 2 unspecified atom stereocenters. The van der Waals surface area contributed by atoms with Crippen LogP contribution in [0.25, 0.3) is 0 Å². The molecule has 1 saturated heterocycles. The second-order valence-corrected chi connectivity index (χ2v) is 7.56. The van der Waals surface area contributed by atoms with E-state index in [-0.39, 0.29) is 17.7 Å². The molecule has 2 aromatic carbocycles. The van der Waals surface area contributed by atoms with E-state index in [0.717, 1.165) is 0 Å². The van der Waals surface area contributed by atoms with Crippen LogP contribution in [0.1, 0.15) is 28.4 Å². The highest BCUT2D eigenvalue weighted by Crippen LogP contribution is 2.39. The number of halogens is 1. The molecule has 1 aromatic heterocycles. The summed E-state index contributed by atoms with van der Waals surface area (Å²) in [6.07, 6.45) is 5.61. The van der Waals surface area contributed by atoms with Crippen LogP contribution in [0.4, 0.5) is 4.39 Å². The Kier molecular flexibility index (Phi) is 6.11. The number of imidazole rings is 1. The maximum absolute atomic E-state index is 14.8. The third-order valence-corrected chi connectivity index (χ3v) is 5.64. The molecule has 164 valence electrons. The molecule has 1 amide bonds. The van der Waals surface area contributed by atoms with Crippen LogP contribution in [0.5, 0.6) is 5.75 Å². The summed E-state index contributed by atoms with van der Waals surface area (Å²) in [7, 11) is 1.47. The Labute approximate surface area is 184 Å². The third-order valence-electron chi connectivity index (χ3n) is 5.64. The van der Waals surface area contributed by atoms with Gasteiger partial charge in [0.05, 0.1) is 19.5 Å². The molecule has 4 rings (SSSR count). The van der Waals surface area contributed by atoms with Gasteiger partial charge in [0.1, 0.15) is 17.5 Å². The lowest BCUT2D eigenvalue weighted by molar-refractivity contribution is -0.140. The van der Waals surface area contributed by atoms with Gasteiger partial charge in [-0.1, -0.05) is 30.3 Å². The lowest BCUT2D eigenvalue weighted by Gasteiger charge is -2.27. The number of hydrogen-bond acceptors (Lipinski definition) is 5. The van der Waals surface area contributed by atoms with Gasteiger partial charge in [0.25, 0.3) is 5.91 Å². The zero-order valence-electron chi connectivity index (χ0n) is 17.5. The average molecular weight is 435 g/mol. The number of hydrogen-bond donors (Lipinski definition) is 0. The molecule has 0 bridgehead atoms. The fourth-order valence-electron chi connectivity index (χ4n) is 4.09. The molecule has 3 aromatic rings. The quantitative estimate of drug-likeness (QED) is 0.309. The van der Waals surface area contributed by atoms with Crippen LogP contribution < -0.4 is 4.74 Å². The van der Waals surface area contributed by atoms with Crippen LogP contribution in [0.3, 0.4) is 0 Å². The van der Waals surface area contributed by atoms with E-state index in [2.05, 4.69) is 4.98 Å². The van der Waals surface area contributed by atoms with Gasteiger partial charge >= 0.3 is 0 Å². The summed E-state index contributed by atoms with van der Waals surface area (Å²) in [5.74, 6) is -3.58. The van der Waals surface area contributed by atoms with Crippen LogP contribution >= 0.6 is 0 Å². The van der Waals surface area contributed by atoms with Gasteiger partial charge in [-0.05, 0) is 24.6 Å². The van der Waals surface area contributed by atoms with E-state index in [9.17, 15) is 18.8 Å². The molecule has 0 saturated carbocycles. The second-order valence-electron chi connectivity index (χ2n) is 7.56. The van der Waals surface area contributed by atoms with Gasteiger partial charge in [-0.25, -0.2) is 9.37 Å². The molecule has 1 aliphatic heterocycles. The first-order valence-corrected chi connectivity index (χ1v) is 10.2. The molecule has 1 fully saturated rings. The Balaban J connectivity index is 1.68. The van der Waals surface area contributed by atoms with E-state index in [1.807, 2.05) is 4.57 Å². The van der Waals surface area contributed by atoms with Crippen molar-refractivity contribution < 1.29 is 23.5 Å². The zero-order valence-corrected chi connectivity index (χ0v) is 17.5. The van der Waals surface area contributed by atoms with E-state index in [1.165, 1.54) is 36.3 Å². The summed E-state index contributed by atoms with van der Waals surface area (Å²) >= 11 is 0. The van der Waals surface area contributed by atoms with Crippen molar-refractivity contribution in [2.75, 3.05) is 13.7 Å². The fraction of sp³-hybridized carbons (Fsp3) is 0.250. The topological polar surface area (TPSA) is 81.5 Å². The highest BCUT2D eigenvalue weighted by atomic mass is 19.1. The van der Waals surface area contributed by atoms with Crippen molar-refractivity contribution in [3.8, 4) is 5.75 Å². The molecule has 8 heteroatoms. The predicted octanol–water partition coefficient (Wildman–Crippen LogP) is 3.07. The summed E-state index contributed by atoms with van der Waals surface area (Å²) in [4.78, 5) is 44.6. The van der Waals surface area contributed by atoms with E-state index in [1.54, 1.807) is 43.0 Å². The van der Waals surface area contributed by atoms with E-state index in [4.69, 9.17) is 4.74 Å². The number of methoxy groups -OCH3 is 1. The first-order chi connectivity index (χ1) is 15.5. The number of carbonyl (C=O) groups is 3. The van der Waals surface area contributed by atoms with Gasteiger partial charge in [-0.2, -0.15) is 0 Å². The molecule has 0 spiro atoms. The van der Waals surface area contributed by atoms with Crippen molar-refractivity contribution in [3.63, 3.8) is 0 Å². The van der Waals surface area contributed by atoms with Gasteiger partial charge in [0.2, 0.25) is 5.78 Å². The smallest absolute Gasteiger partial charge is 0.291 e. The number of aryl methyl sites for hydroxylation is 1. The normalized spacial score (nSPS) is 18.2. The van der Waals surface area contributed by atoms with Crippen LogP contribution in [0, 0.1) is 11.7 Å². The first-order valence-electron chi connectivity index (χ1n) is 10.2. The first kappa shape index (κ1) is 21.4. The lowest BCUT2D eigenvalue weighted by atomic mass is 9.86. The largest absolute Gasteiger partial charge is 0.497 e. The summed E-state index contributed by atoms with van der Waals surface area (Å²) in [6.45, 7) is 0.764. The number of aromatic nitrogens is 2. The van der Waals surface area contributed by atoms with Gasteiger partial charge in [0, 0.05) is 36.6 Å². The van der Waals surface area contributed by atoms with Gasteiger partial charge < -0.3 is 14.2 Å². The summed E-state index contributed by atoms with van der Waals surface area (Å²) in [5.41, 5.74) is 0.382.